The highest BCUT2D eigenvalue weighted by Crippen LogP contribution is 2.25. The van der Waals surface area contributed by atoms with Gasteiger partial charge in [-0.2, -0.15) is 0 Å². The highest BCUT2D eigenvalue weighted by molar-refractivity contribution is 6.31. The van der Waals surface area contributed by atoms with Crippen LogP contribution in [0.3, 0.4) is 0 Å². The highest BCUT2D eigenvalue weighted by atomic mass is 35.5. The number of aryl methyl sites for hydroxylation is 1. The molecule has 0 bridgehead atoms. The molecule has 2 aromatic rings. The first-order chi connectivity index (χ1) is 9.56. The average Bonchev–Trinajstić information content (AvgIpc) is 2.39. The van der Waals surface area contributed by atoms with Crippen molar-refractivity contribution in [2.45, 2.75) is 6.92 Å². The van der Waals surface area contributed by atoms with E-state index in [0.29, 0.717) is 34.7 Å². The van der Waals surface area contributed by atoms with Crippen molar-refractivity contribution in [3.63, 3.8) is 0 Å². The first-order valence-corrected chi connectivity index (χ1v) is 6.88. The Morgan fingerprint density at radius 2 is 1.45 bits per heavy atom. The largest absolute Gasteiger partial charge is 0.490 e. The molecule has 3 nitrogen and oxygen atoms in total. The minimum Gasteiger partial charge on any atom is -0.490 e. The van der Waals surface area contributed by atoms with E-state index in [0.717, 1.165) is 11.3 Å². The van der Waals surface area contributed by atoms with Gasteiger partial charge in [-0.05, 0) is 48.9 Å². The van der Waals surface area contributed by atoms with Crippen LogP contribution in [0, 0.1) is 6.92 Å². The molecular formula is C15H15Cl2NO2. The van der Waals surface area contributed by atoms with E-state index in [4.69, 9.17) is 38.4 Å². The van der Waals surface area contributed by atoms with E-state index in [1.165, 1.54) is 0 Å². The summed E-state index contributed by atoms with van der Waals surface area (Å²) in [5.41, 5.74) is 7.29. The number of benzene rings is 2. The predicted octanol–water partition coefficient (Wildman–Crippen LogP) is 4.34. The summed E-state index contributed by atoms with van der Waals surface area (Å²) < 4.78 is 11.2. The minimum absolute atomic E-state index is 0.397. The third-order valence-electron chi connectivity index (χ3n) is 2.71. The fraction of sp³-hybridized carbons (Fsp3) is 0.200. The zero-order valence-electron chi connectivity index (χ0n) is 11.0. The molecule has 2 rings (SSSR count). The van der Waals surface area contributed by atoms with Crippen LogP contribution in [0.1, 0.15) is 5.56 Å². The maximum atomic E-state index is 5.88. The van der Waals surface area contributed by atoms with Crippen molar-refractivity contribution in [2.75, 3.05) is 18.9 Å². The third-order valence-corrected chi connectivity index (χ3v) is 3.18. The fourth-order valence-corrected chi connectivity index (χ4v) is 2.14. The number of nitrogens with two attached hydrogens (primary N) is 1. The summed E-state index contributed by atoms with van der Waals surface area (Å²) >= 11 is 11.7. The Labute approximate surface area is 128 Å². The molecule has 0 aliphatic rings. The second kappa shape index (κ2) is 6.73. The molecule has 0 saturated heterocycles. The lowest BCUT2D eigenvalue weighted by molar-refractivity contribution is 0.217. The van der Waals surface area contributed by atoms with Crippen molar-refractivity contribution >= 4 is 28.9 Å². The molecule has 106 valence electrons. The van der Waals surface area contributed by atoms with E-state index in [-0.39, 0.29) is 0 Å². The Balaban J connectivity index is 1.84. The maximum Gasteiger partial charge on any atom is 0.142 e. The van der Waals surface area contributed by atoms with Crippen molar-refractivity contribution in [1.29, 1.82) is 0 Å². The second-order valence-corrected chi connectivity index (χ2v) is 5.16. The Hall–Kier alpha value is -1.58. The van der Waals surface area contributed by atoms with Crippen molar-refractivity contribution in [3.8, 4) is 11.5 Å². The van der Waals surface area contributed by atoms with Crippen molar-refractivity contribution in [1.82, 2.24) is 0 Å². The molecule has 0 heterocycles. The van der Waals surface area contributed by atoms with Crippen LogP contribution in [0.5, 0.6) is 11.5 Å². The summed E-state index contributed by atoms with van der Waals surface area (Å²) in [7, 11) is 0. The zero-order chi connectivity index (χ0) is 14.5. The van der Waals surface area contributed by atoms with Gasteiger partial charge in [0.1, 0.15) is 24.7 Å². The van der Waals surface area contributed by atoms with Crippen LogP contribution in [-0.4, -0.2) is 13.2 Å². The zero-order valence-corrected chi connectivity index (χ0v) is 12.5. The molecule has 0 aromatic heterocycles. The molecule has 0 saturated carbocycles. The van der Waals surface area contributed by atoms with Gasteiger partial charge in [0.05, 0.1) is 5.69 Å². The van der Waals surface area contributed by atoms with Gasteiger partial charge in [0.2, 0.25) is 0 Å². The number of hydrogen-bond acceptors (Lipinski definition) is 3. The Morgan fingerprint density at radius 1 is 0.900 bits per heavy atom. The van der Waals surface area contributed by atoms with Gasteiger partial charge in [0.15, 0.2) is 0 Å². The van der Waals surface area contributed by atoms with E-state index in [9.17, 15) is 0 Å². The van der Waals surface area contributed by atoms with Crippen molar-refractivity contribution < 1.29 is 9.47 Å². The summed E-state index contributed by atoms with van der Waals surface area (Å²) in [6.07, 6.45) is 0. The molecule has 5 heteroatoms. The lowest BCUT2D eigenvalue weighted by Crippen LogP contribution is -2.10. The van der Waals surface area contributed by atoms with Gasteiger partial charge in [-0.1, -0.05) is 23.2 Å². The first kappa shape index (κ1) is 14.8. The number of rotatable bonds is 5. The van der Waals surface area contributed by atoms with Gasteiger partial charge in [0.25, 0.3) is 0 Å². The quantitative estimate of drug-likeness (QED) is 0.660. The Kier molecular flexibility index (Phi) is 4.99. The van der Waals surface area contributed by atoms with E-state index in [1.807, 2.05) is 19.1 Å². The summed E-state index contributed by atoms with van der Waals surface area (Å²) in [6.45, 7) is 2.76. The molecule has 0 aliphatic heterocycles. The molecule has 0 fully saturated rings. The van der Waals surface area contributed by atoms with Gasteiger partial charge >= 0.3 is 0 Å². The predicted molar refractivity (Wildman–Crippen MR) is 83.0 cm³/mol. The van der Waals surface area contributed by atoms with Gasteiger partial charge < -0.3 is 15.2 Å². The number of nitrogen functional groups attached to an aromatic ring is 1. The van der Waals surface area contributed by atoms with E-state index < -0.39 is 0 Å². The lowest BCUT2D eigenvalue weighted by atomic mass is 10.2. The molecular weight excluding hydrogens is 297 g/mol. The Bertz CT molecular complexity index is 549. The topological polar surface area (TPSA) is 44.5 Å². The standard InChI is InChI=1S/C15H15Cl2NO2/c1-10-8-11(16)2-4-14(10)19-6-7-20-15-5-3-12(17)9-13(15)18/h2-5,8-9H,6-7,18H2,1H3. The number of anilines is 1. The molecule has 0 spiro atoms. The van der Waals surface area contributed by atoms with Gasteiger partial charge in [-0.25, -0.2) is 0 Å². The van der Waals surface area contributed by atoms with E-state index >= 15 is 0 Å². The van der Waals surface area contributed by atoms with E-state index in [2.05, 4.69) is 0 Å². The minimum atomic E-state index is 0.397. The van der Waals surface area contributed by atoms with Crippen LogP contribution >= 0.6 is 23.2 Å². The third kappa shape index (κ3) is 3.95. The lowest BCUT2D eigenvalue weighted by Gasteiger charge is -2.11. The van der Waals surface area contributed by atoms with Crippen LogP contribution in [0.4, 0.5) is 5.69 Å². The second-order valence-electron chi connectivity index (χ2n) is 4.29. The Morgan fingerprint density at radius 3 is 2.05 bits per heavy atom. The normalized spacial score (nSPS) is 10.3. The van der Waals surface area contributed by atoms with Crippen molar-refractivity contribution in [3.05, 3.63) is 52.0 Å². The summed E-state index contributed by atoms with van der Waals surface area (Å²) in [4.78, 5) is 0. The van der Waals surface area contributed by atoms with Gasteiger partial charge in [-0.3, -0.25) is 0 Å². The maximum absolute atomic E-state index is 5.88. The number of halogens is 2. The molecule has 2 aromatic carbocycles. The molecule has 2 N–H and O–H groups in total. The fourth-order valence-electron chi connectivity index (χ4n) is 1.73. The highest BCUT2D eigenvalue weighted by Gasteiger charge is 2.03. The number of ether oxygens (including phenoxy) is 2. The number of hydrogen-bond donors (Lipinski definition) is 1. The summed E-state index contributed by atoms with van der Waals surface area (Å²) in [5, 5.41) is 1.28. The van der Waals surface area contributed by atoms with Crippen molar-refractivity contribution in [2.24, 2.45) is 0 Å². The van der Waals surface area contributed by atoms with Gasteiger partial charge in [-0.15, -0.1) is 0 Å². The summed E-state index contributed by atoms with van der Waals surface area (Å²) in [5.74, 6) is 1.40. The smallest absolute Gasteiger partial charge is 0.142 e. The van der Waals surface area contributed by atoms with E-state index in [1.54, 1.807) is 24.3 Å². The molecule has 0 aliphatic carbocycles. The molecule has 0 amide bonds. The van der Waals surface area contributed by atoms with Crippen LogP contribution in [0.2, 0.25) is 10.0 Å². The molecule has 0 unspecified atom stereocenters. The molecule has 20 heavy (non-hydrogen) atoms. The van der Waals surface area contributed by atoms with Crippen LogP contribution < -0.4 is 15.2 Å². The first-order valence-electron chi connectivity index (χ1n) is 6.13. The van der Waals surface area contributed by atoms with Crippen LogP contribution in [-0.2, 0) is 0 Å². The van der Waals surface area contributed by atoms with Crippen LogP contribution in [0.15, 0.2) is 36.4 Å². The molecule has 0 atom stereocenters. The SMILES string of the molecule is Cc1cc(Cl)ccc1OCCOc1ccc(Cl)cc1N. The monoisotopic (exact) mass is 311 g/mol. The van der Waals surface area contributed by atoms with Gasteiger partial charge in [0, 0.05) is 10.0 Å². The van der Waals surface area contributed by atoms with Crippen LogP contribution in [0.25, 0.3) is 0 Å². The average molecular weight is 312 g/mol. The molecule has 0 radical (unpaired) electrons. The summed E-state index contributed by atoms with van der Waals surface area (Å²) in [6, 6.07) is 10.6.